The van der Waals surface area contributed by atoms with Crippen LogP contribution in [-0.4, -0.2) is 10.2 Å². The van der Waals surface area contributed by atoms with Crippen molar-refractivity contribution >= 4 is 0 Å². The van der Waals surface area contributed by atoms with Crippen LogP contribution in [0.15, 0.2) is 36.5 Å². The highest BCUT2D eigenvalue weighted by atomic mass is 15.1. The summed E-state index contributed by atoms with van der Waals surface area (Å²) in [5, 5.41) is 10.5. The number of aromatic nitrogens is 2. The molecule has 0 spiro atoms. The van der Waals surface area contributed by atoms with Crippen LogP contribution in [0, 0.1) is 6.92 Å². The summed E-state index contributed by atoms with van der Waals surface area (Å²) in [6, 6.07) is 10.7. The van der Waals surface area contributed by atoms with E-state index in [9.17, 15) is 0 Å². The van der Waals surface area contributed by atoms with Crippen molar-refractivity contribution in [1.29, 1.82) is 0 Å². The zero-order valence-electron chi connectivity index (χ0n) is 9.70. The van der Waals surface area contributed by atoms with Crippen molar-refractivity contribution in [2.75, 3.05) is 0 Å². The molecule has 0 radical (unpaired) electrons. The molecular formula is C13H17N3. The van der Waals surface area contributed by atoms with Crippen LogP contribution in [-0.2, 0) is 6.54 Å². The van der Waals surface area contributed by atoms with Crippen molar-refractivity contribution in [3.63, 3.8) is 0 Å². The van der Waals surface area contributed by atoms with E-state index in [1.807, 2.05) is 19.2 Å². The summed E-state index contributed by atoms with van der Waals surface area (Å²) in [4.78, 5) is 0. The van der Waals surface area contributed by atoms with E-state index in [2.05, 4.69) is 46.7 Å². The van der Waals surface area contributed by atoms with Crippen molar-refractivity contribution in [3.8, 4) is 0 Å². The summed E-state index contributed by atoms with van der Waals surface area (Å²) in [5.41, 5.74) is 3.67. The van der Waals surface area contributed by atoms with E-state index in [-0.39, 0.29) is 0 Å². The number of hydrogen-bond donors (Lipinski definition) is 2. The maximum atomic E-state index is 4.03. The number of aromatic amines is 1. The molecule has 1 aromatic heterocycles. The normalized spacial score (nSPS) is 12.6. The molecule has 84 valence electrons. The number of H-pyrrole nitrogens is 1. The van der Waals surface area contributed by atoms with Crippen LogP contribution in [0.4, 0.5) is 0 Å². The molecule has 3 nitrogen and oxygen atoms in total. The van der Waals surface area contributed by atoms with Crippen molar-refractivity contribution in [3.05, 3.63) is 53.3 Å². The third-order valence-electron chi connectivity index (χ3n) is 2.79. The fourth-order valence-electron chi connectivity index (χ4n) is 1.77. The minimum Gasteiger partial charge on any atom is -0.306 e. The second kappa shape index (κ2) is 4.94. The molecule has 2 N–H and O–H groups in total. The molecule has 1 atom stereocenters. The molecule has 0 fully saturated rings. The SMILES string of the molecule is Cc1[nH]ncc1C(C)NCc1ccccc1. The van der Waals surface area contributed by atoms with Crippen LogP contribution in [0.25, 0.3) is 0 Å². The zero-order valence-corrected chi connectivity index (χ0v) is 9.70. The summed E-state index contributed by atoms with van der Waals surface area (Å²) >= 11 is 0. The highest BCUT2D eigenvalue weighted by Crippen LogP contribution is 2.14. The molecule has 0 aliphatic carbocycles. The number of nitrogens with zero attached hydrogens (tertiary/aromatic N) is 1. The fourth-order valence-corrected chi connectivity index (χ4v) is 1.77. The number of aryl methyl sites for hydroxylation is 1. The van der Waals surface area contributed by atoms with E-state index in [1.165, 1.54) is 11.1 Å². The summed E-state index contributed by atoms with van der Waals surface area (Å²) < 4.78 is 0. The van der Waals surface area contributed by atoms with Gasteiger partial charge in [0.2, 0.25) is 0 Å². The Morgan fingerprint density at radius 2 is 2.06 bits per heavy atom. The number of rotatable bonds is 4. The summed E-state index contributed by atoms with van der Waals surface area (Å²) in [7, 11) is 0. The van der Waals surface area contributed by atoms with Gasteiger partial charge in [0.25, 0.3) is 0 Å². The molecule has 1 unspecified atom stereocenters. The average Bonchev–Trinajstić information content (AvgIpc) is 2.74. The highest BCUT2D eigenvalue weighted by molar-refractivity contribution is 5.19. The Morgan fingerprint density at radius 1 is 1.31 bits per heavy atom. The third-order valence-corrected chi connectivity index (χ3v) is 2.79. The van der Waals surface area contributed by atoms with Crippen molar-refractivity contribution in [2.45, 2.75) is 26.4 Å². The van der Waals surface area contributed by atoms with Crippen LogP contribution in [0.5, 0.6) is 0 Å². The number of hydrogen-bond acceptors (Lipinski definition) is 2. The quantitative estimate of drug-likeness (QED) is 0.823. The van der Waals surface area contributed by atoms with Gasteiger partial charge >= 0.3 is 0 Å². The molecular weight excluding hydrogens is 198 g/mol. The molecule has 0 aliphatic heterocycles. The molecule has 1 aromatic carbocycles. The van der Waals surface area contributed by atoms with Crippen LogP contribution >= 0.6 is 0 Å². The second-order valence-corrected chi connectivity index (χ2v) is 4.04. The Kier molecular flexibility index (Phi) is 3.37. The van der Waals surface area contributed by atoms with Crippen LogP contribution in [0.1, 0.15) is 29.8 Å². The summed E-state index contributed by atoms with van der Waals surface area (Å²) in [6.07, 6.45) is 1.89. The first kappa shape index (κ1) is 10.9. The van der Waals surface area contributed by atoms with Crippen molar-refractivity contribution in [2.24, 2.45) is 0 Å². The molecule has 0 saturated carbocycles. The van der Waals surface area contributed by atoms with E-state index < -0.39 is 0 Å². The first-order valence-corrected chi connectivity index (χ1v) is 5.54. The lowest BCUT2D eigenvalue weighted by atomic mass is 10.1. The molecule has 2 aromatic rings. The maximum absolute atomic E-state index is 4.03. The van der Waals surface area contributed by atoms with E-state index in [0.29, 0.717) is 6.04 Å². The van der Waals surface area contributed by atoms with Crippen molar-refractivity contribution < 1.29 is 0 Å². The summed E-state index contributed by atoms with van der Waals surface area (Å²) in [6.45, 7) is 5.08. The largest absolute Gasteiger partial charge is 0.306 e. The van der Waals surface area contributed by atoms with E-state index in [4.69, 9.17) is 0 Å². The lowest BCUT2D eigenvalue weighted by Gasteiger charge is -2.13. The van der Waals surface area contributed by atoms with Crippen LogP contribution in [0.2, 0.25) is 0 Å². The van der Waals surface area contributed by atoms with Gasteiger partial charge in [0, 0.05) is 23.8 Å². The van der Waals surface area contributed by atoms with Gasteiger partial charge in [-0.05, 0) is 19.4 Å². The molecule has 0 saturated heterocycles. The zero-order chi connectivity index (χ0) is 11.4. The Hall–Kier alpha value is -1.61. The molecule has 1 heterocycles. The van der Waals surface area contributed by atoms with E-state index in [0.717, 1.165) is 12.2 Å². The van der Waals surface area contributed by atoms with Gasteiger partial charge in [-0.1, -0.05) is 30.3 Å². The summed E-state index contributed by atoms with van der Waals surface area (Å²) in [5.74, 6) is 0. The van der Waals surface area contributed by atoms with Gasteiger partial charge in [0.15, 0.2) is 0 Å². The maximum Gasteiger partial charge on any atom is 0.0537 e. The first-order chi connectivity index (χ1) is 7.77. The fraction of sp³-hybridized carbons (Fsp3) is 0.308. The van der Waals surface area contributed by atoms with Gasteiger partial charge in [-0.2, -0.15) is 5.10 Å². The smallest absolute Gasteiger partial charge is 0.0537 e. The van der Waals surface area contributed by atoms with Gasteiger partial charge in [0.1, 0.15) is 0 Å². The minimum atomic E-state index is 0.318. The Morgan fingerprint density at radius 3 is 2.69 bits per heavy atom. The average molecular weight is 215 g/mol. The topological polar surface area (TPSA) is 40.7 Å². The third kappa shape index (κ3) is 2.49. The molecule has 0 aliphatic rings. The van der Waals surface area contributed by atoms with Gasteiger partial charge in [0.05, 0.1) is 6.20 Å². The van der Waals surface area contributed by atoms with Gasteiger partial charge in [-0.15, -0.1) is 0 Å². The lowest BCUT2D eigenvalue weighted by Crippen LogP contribution is -2.18. The number of nitrogens with one attached hydrogen (secondary N) is 2. The highest BCUT2D eigenvalue weighted by Gasteiger charge is 2.08. The standard InChI is InChI=1S/C13H17N3/c1-10(13-9-15-16-11(13)2)14-8-12-6-4-3-5-7-12/h3-7,9-10,14H,8H2,1-2H3,(H,15,16). The predicted octanol–water partition coefficient (Wildman–Crippen LogP) is 2.57. The van der Waals surface area contributed by atoms with E-state index in [1.54, 1.807) is 0 Å². The van der Waals surface area contributed by atoms with Crippen molar-refractivity contribution in [1.82, 2.24) is 15.5 Å². The van der Waals surface area contributed by atoms with Gasteiger partial charge in [-0.25, -0.2) is 0 Å². The molecule has 3 heteroatoms. The molecule has 0 bridgehead atoms. The lowest BCUT2D eigenvalue weighted by molar-refractivity contribution is 0.572. The Labute approximate surface area is 95.9 Å². The molecule has 0 amide bonds. The second-order valence-electron chi connectivity index (χ2n) is 4.04. The first-order valence-electron chi connectivity index (χ1n) is 5.54. The Bertz CT molecular complexity index is 433. The predicted molar refractivity (Wildman–Crippen MR) is 65.0 cm³/mol. The van der Waals surface area contributed by atoms with Gasteiger partial charge in [-0.3, -0.25) is 5.10 Å². The molecule has 2 rings (SSSR count). The minimum absolute atomic E-state index is 0.318. The van der Waals surface area contributed by atoms with Crippen LogP contribution < -0.4 is 5.32 Å². The van der Waals surface area contributed by atoms with Crippen LogP contribution in [0.3, 0.4) is 0 Å². The molecule has 16 heavy (non-hydrogen) atoms. The van der Waals surface area contributed by atoms with Gasteiger partial charge < -0.3 is 5.32 Å². The monoisotopic (exact) mass is 215 g/mol. The van der Waals surface area contributed by atoms with E-state index >= 15 is 0 Å². The Balaban J connectivity index is 1.94. The number of benzene rings is 1.